The number of rotatable bonds is 1. The molecule has 4 heteroatoms. The van der Waals surface area contributed by atoms with Crippen LogP contribution in [0.5, 0.6) is 0 Å². The van der Waals surface area contributed by atoms with E-state index in [4.69, 9.17) is 4.74 Å². The largest absolute Gasteiger partial charge is 0.378 e. The van der Waals surface area contributed by atoms with E-state index in [0.717, 1.165) is 13.1 Å². The summed E-state index contributed by atoms with van der Waals surface area (Å²) >= 11 is 0. The average molecular weight is 180 g/mol. The molecule has 1 rings (SSSR count). The molecule has 0 unspecified atom stereocenters. The van der Waals surface area contributed by atoms with Crippen molar-refractivity contribution in [2.75, 3.05) is 26.3 Å². The highest BCUT2D eigenvalue weighted by molar-refractivity contribution is 5.85. The molecule has 1 aliphatic heterocycles. The molecule has 1 saturated heterocycles. The Bertz CT molecular complexity index is 124. The smallest absolute Gasteiger partial charge is 0.222 e. The highest BCUT2D eigenvalue weighted by Gasteiger charge is 2.13. The number of halogens is 1. The lowest BCUT2D eigenvalue weighted by atomic mass is 10.3. The molecule has 0 bridgehead atoms. The number of hydrogen-bond acceptors (Lipinski definition) is 2. The van der Waals surface area contributed by atoms with Crippen LogP contribution in [0.25, 0.3) is 0 Å². The molecule has 0 saturated carbocycles. The van der Waals surface area contributed by atoms with Gasteiger partial charge in [-0.2, -0.15) is 0 Å². The maximum Gasteiger partial charge on any atom is 0.222 e. The molecule has 3 nitrogen and oxygen atoms in total. The first-order valence-corrected chi connectivity index (χ1v) is 3.70. The SMILES string of the molecule is CCC(=O)N1CCOCC1.Cl. The van der Waals surface area contributed by atoms with E-state index in [-0.39, 0.29) is 18.3 Å². The van der Waals surface area contributed by atoms with Crippen LogP contribution in [0.3, 0.4) is 0 Å². The van der Waals surface area contributed by atoms with Crippen molar-refractivity contribution in [1.29, 1.82) is 0 Å². The summed E-state index contributed by atoms with van der Waals surface area (Å²) in [7, 11) is 0. The van der Waals surface area contributed by atoms with E-state index >= 15 is 0 Å². The minimum absolute atomic E-state index is 0. The van der Waals surface area contributed by atoms with Gasteiger partial charge in [0.15, 0.2) is 0 Å². The Labute approximate surface area is 73.1 Å². The van der Waals surface area contributed by atoms with Crippen molar-refractivity contribution in [3.05, 3.63) is 0 Å². The number of carbonyl (C=O) groups excluding carboxylic acids is 1. The summed E-state index contributed by atoms with van der Waals surface area (Å²) in [6, 6.07) is 0. The van der Waals surface area contributed by atoms with Gasteiger partial charge in [-0.3, -0.25) is 4.79 Å². The molecule has 0 N–H and O–H groups in total. The normalized spacial score (nSPS) is 17.4. The minimum Gasteiger partial charge on any atom is -0.378 e. The molecule has 1 aliphatic rings. The molecular formula is C7H14ClNO2. The van der Waals surface area contributed by atoms with Crippen molar-refractivity contribution < 1.29 is 9.53 Å². The van der Waals surface area contributed by atoms with Gasteiger partial charge < -0.3 is 9.64 Å². The predicted molar refractivity (Wildman–Crippen MR) is 44.9 cm³/mol. The quantitative estimate of drug-likeness (QED) is 0.593. The Hall–Kier alpha value is -0.280. The Morgan fingerprint density at radius 2 is 2.00 bits per heavy atom. The molecule has 0 aromatic heterocycles. The average Bonchev–Trinajstić information content (AvgIpc) is 2.05. The summed E-state index contributed by atoms with van der Waals surface area (Å²) in [5.74, 6) is 0.239. The van der Waals surface area contributed by atoms with Crippen LogP contribution in [-0.2, 0) is 9.53 Å². The number of carbonyl (C=O) groups is 1. The van der Waals surface area contributed by atoms with Crippen molar-refractivity contribution in [2.45, 2.75) is 13.3 Å². The summed E-state index contributed by atoms with van der Waals surface area (Å²) in [5.41, 5.74) is 0. The molecule has 0 aromatic carbocycles. The maximum atomic E-state index is 11.0. The Morgan fingerprint density at radius 1 is 1.45 bits per heavy atom. The number of morpholine rings is 1. The first-order valence-electron chi connectivity index (χ1n) is 3.70. The first-order chi connectivity index (χ1) is 4.84. The lowest BCUT2D eigenvalue weighted by Gasteiger charge is -2.26. The van der Waals surface area contributed by atoms with E-state index in [2.05, 4.69) is 0 Å². The van der Waals surface area contributed by atoms with Crippen molar-refractivity contribution >= 4 is 18.3 Å². The standard InChI is InChI=1S/C7H13NO2.ClH/c1-2-7(9)8-3-5-10-6-4-8;/h2-6H2,1H3;1H. The topological polar surface area (TPSA) is 29.5 Å². The van der Waals surface area contributed by atoms with Gasteiger partial charge in [-0.05, 0) is 0 Å². The molecule has 0 aliphatic carbocycles. The number of nitrogens with zero attached hydrogens (tertiary/aromatic N) is 1. The van der Waals surface area contributed by atoms with E-state index in [1.807, 2.05) is 11.8 Å². The number of hydrogen-bond donors (Lipinski definition) is 0. The molecule has 0 aromatic rings. The predicted octanol–water partition coefficient (Wildman–Crippen LogP) is 0.677. The van der Waals surface area contributed by atoms with E-state index in [1.54, 1.807) is 0 Å². The molecular weight excluding hydrogens is 166 g/mol. The zero-order chi connectivity index (χ0) is 7.40. The van der Waals surface area contributed by atoms with Crippen LogP contribution in [0, 0.1) is 0 Å². The van der Waals surface area contributed by atoms with Crippen molar-refractivity contribution in [2.24, 2.45) is 0 Å². The molecule has 66 valence electrons. The van der Waals surface area contributed by atoms with Gasteiger partial charge in [-0.25, -0.2) is 0 Å². The van der Waals surface area contributed by atoms with Crippen LogP contribution >= 0.6 is 12.4 Å². The van der Waals surface area contributed by atoms with E-state index in [9.17, 15) is 4.79 Å². The second-order valence-corrected chi connectivity index (χ2v) is 2.35. The molecule has 1 amide bonds. The second kappa shape index (κ2) is 5.38. The summed E-state index contributed by atoms with van der Waals surface area (Å²) in [6.45, 7) is 4.83. The zero-order valence-corrected chi connectivity index (χ0v) is 7.52. The zero-order valence-electron chi connectivity index (χ0n) is 6.71. The Balaban J connectivity index is 0.000001000. The molecule has 1 fully saturated rings. The van der Waals surface area contributed by atoms with Crippen molar-refractivity contribution in [1.82, 2.24) is 4.90 Å². The lowest BCUT2D eigenvalue weighted by molar-refractivity contribution is -0.134. The number of amides is 1. The van der Waals surface area contributed by atoms with E-state index < -0.39 is 0 Å². The summed E-state index contributed by atoms with van der Waals surface area (Å²) in [4.78, 5) is 12.9. The minimum atomic E-state index is 0. The molecule has 0 radical (unpaired) electrons. The van der Waals surface area contributed by atoms with Gasteiger partial charge in [0, 0.05) is 19.5 Å². The van der Waals surface area contributed by atoms with Crippen LogP contribution in [0.2, 0.25) is 0 Å². The first kappa shape index (κ1) is 10.7. The van der Waals surface area contributed by atoms with Crippen LogP contribution < -0.4 is 0 Å². The third-order valence-electron chi connectivity index (χ3n) is 1.67. The fourth-order valence-electron chi connectivity index (χ4n) is 1.04. The van der Waals surface area contributed by atoms with Gasteiger partial charge in [0.2, 0.25) is 5.91 Å². The Morgan fingerprint density at radius 3 is 2.45 bits per heavy atom. The van der Waals surface area contributed by atoms with Gasteiger partial charge in [0.25, 0.3) is 0 Å². The van der Waals surface area contributed by atoms with Crippen LogP contribution in [0.4, 0.5) is 0 Å². The monoisotopic (exact) mass is 179 g/mol. The third-order valence-corrected chi connectivity index (χ3v) is 1.67. The highest BCUT2D eigenvalue weighted by Crippen LogP contribution is 1.98. The van der Waals surface area contributed by atoms with Gasteiger partial charge in [-0.15, -0.1) is 12.4 Å². The van der Waals surface area contributed by atoms with E-state index in [0.29, 0.717) is 19.6 Å². The molecule has 0 spiro atoms. The Kier molecular flexibility index (Phi) is 5.24. The fraction of sp³-hybridized carbons (Fsp3) is 0.857. The van der Waals surface area contributed by atoms with Gasteiger partial charge >= 0.3 is 0 Å². The molecule has 11 heavy (non-hydrogen) atoms. The van der Waals surface area contributed by atoms with Crippen LogP contribution in [-0.4, -0.2) is 37.1 Å². The maximum absolute atomic E-state index is 11.0. The van der Waals surface area contributed by atoms with Crippen LogP contribution in [0.1, 0.15) is 13.3 Å². The summed E-state index contributed by atoms with van der Waals surface area (Å²) < 4.78 is 5.10. The van der Waals surface area contributed by atoms with E-state index in [1.165, 1.54) is 0 Å². The summed E-state index contributed by atoms with van der Waals surface area (Å²) in [6.07, 6.45) is 0.611. The number of ether oxygens (including phenoxy) is 1. The summed E-state index contributed by atoms with van der Waals surface area (Å²) in [5, 5.41) is 0. The molecule has 0 atom stereocenters. The second-order valence-electron chi connectivity index (χ2n) is 2.35. The van der Waals surface area contributed by atoms with Gasteiger partial charge in [0.05, 0.1) is 13.2 Å². The van der Waals surface area contributed by atoms with Gasteiger partial charge in [-0.1, -0.05) is 6.92 Å². The van der Waals surface area contributed by atoms with Crippen LogP contribution in [0.15, 0.2) is 0 Å². The lowest BCUT2D eigenvalue weighted by Crippen LogP contribution is -2.40. The highest BCUT2D eigenvalue weighted by atomic mass is 35.5. The third kappa shape index (κ3) is 3.08. The molecule has 1 heterocycles. The van der Waals surface area contributed by atoms with Gasteiger partial charge in [0.1, 0.15) is 0 Å². The van der Waals surface area contributed by atoms with Crippen molar-refractivity contribution in [3.63, 3.8) is 0 Å². The van der Waals surface area contributed by atoms with Crippen molar-refractivity contribution in [3.8, 4) is 0 Å². The fourth-order valence-corrected chi connectivity index (χ4v) is 1.04.